The average Bonchev–Trinajstić information content (AvgIpc) is 2.73. The predicted molar refractivity (Wildman–Crippen MR) is 116 cm³/mol. The highest BCUT2D eigenvalue weighted by Gasteiger charge is 2.26. The fourth-order valence-electron chi connectivity index (χ4n) is 2.83. The van der Waals surface area contributed by atoms with E-state index in [9.17, 15) is 13.5 Å². The molecule has 0 spiro atoms. The number of aryl methyl sites for hydroxylation is 1. The summed E-state index contributed by atoms with van der Waals surface area (Å²) in [6.07, 6.45) is 1.19. The van der Waals surface area contributed by atoms with Crippen molar-refractivity contribution < 1.29 is 13.5 Å². The number of benzene rings is 2. The van der Waals surface area contributed by atoms with Crippen molar-refractivity contribution in [3.05, 3.63) is 90.1 Å². The molecule has 0 fully saturated rings. The Labute approximate surface area is 176 Å². The van der Waals surface area contributed by atoms with Crippen LogP contribution in [0.15, 0.2) is 88.9 Å². The van der Waals surface area contributed by atoms with Crippen LogP contribution in [0, 0.1) is 6.92 Å². The van der Waals surface area contributed by atoms with E-state index < -0.39 is 22.2 Å². The van der Waals surface area contributed by atoms with Crippen LogP contribution in [0.1, 0.15) is 11.1 Å². The second kappa shape index (κ2) is 10.0. The summed E-state index contributed by atoms with van der Waals surface area (Å²) >= 11 is 1.40. The van der Waals surface area contributed by atoms with E-state index in [2.05, 4.69) is 9.71 Å². The molecule has 0 unspecified atom stereocenters. The average molecular weight is 429 g/mol. The van der Waals surface area contributed by atoms with Gasteiger partial charge in [-0.25, -0.2) is 18.1 Å². The van der Waals surface area contributed by atoms with E-state index in [1.807, 2.05) is 55.5 Å². The van der Waals surface area contributed by atoms with E-state index in [0.717, 1.165) is 16.2 Å². The number of aliphatic hydroxyl groups excluding tert-OH is 1. The van der Waals surface area contributed by atoms with Crippen LogP contribution < -0.4 is 4.72 Å². The third kappa shape index (κ3) is 6.40. The fraction of sp³-hybridized carbons (Fsp3) is 0.227. The van der Waals surface area contributed by atoms with Crippen LogP contribution in [-0.4, -0.2) is 36.4 Å². The lowest BCUT2D eigenvalue weighted by atomic mass is 10.0. The van der Waals surface area contributed by atoms with Crippen molar-refractivity contribution in [3.8, 4) is 0 Å². The first-order valence-corrected chi connectivity index (χ1v) is 11.8. The summed E-state index contributed by atoms with van der Waals surface area (Å²) in [7, 11) is -3.76. The van der Waals surface area contributed by atoms with Gasteiger partial charge in [-0.2, -0.15) is 0 Å². The molecule has 0 saturated carbocycles. The van der Waals surface area contributed by atoms with E-state index in [4.69, 9.17) is 0 Å². The number of hydrogen-bond donors (Lipinski definition) is 2. The topological polar surface area (TPSA) is 79.3 Å². The Morgan fingerprint density at radius 2 is 1.69 bits per heavy atom. The highest BCUT2D eigenvalue weighted by Crippen LogP contribution is 2.19. The van der Waals surface area contributed by atoms with Gasteiger partial charge in [0.1, 0.15) is 0 Å². The molecular formula is C22H24N2O3S2. The van der Waals surface area contributed by atoms with E-state index in [0.29, 0.717) is 12.2 Å². The molecule has 3 rings (SSSR count). The number of thioether (sulfide) groups is 1. The molecule has 0 bridgehead atoms. The van der Waals surface area contributed by atoms with Crippen LogP contribution in [0.5, 0.6) is 0 Å². The molecule has 152 valence electrons. The third-order valence-corrected chi connectivity index (χ3v) is 6.99. The van der Waals surface area contributed by atoms with Crippen molar-refractivity contribution in [1.82, 2.24) is 9.71 Å². The van der Waals surface area contributed by atoms with E-state index in [1.54, 1.807) is 30.5 Å². The second-order valence-electron chi connectivity index (χ2n) is 6.78. The number of aromatic nitrogens is 1. The first kappa shape index (κ1) is 21.5. The van der Waals surface area contributed by atoms with Gasteiger partial charge in [0.25, 0.3) is 0 Å². The Kier molecular flexibility index (Phi) is 7.44. The lowest BCUT2D eigenvalue weighted by molar-refractivity contribution is 0.160. The smallest absolute Gasteiger partial charge is 0.240 e. The number of nitrogens with one attached hydrogen (secondary N) is 1. The Balaban J connectivity index is 1.77. The lowest BCUT2D eigenvalue weighted by Gasteiger charge is -2.24. The van der Waals surface area contributed by atoms with Crippen molar-refractivity contribution in [1.29, 1.82) is 0 Å². The van der Waals surface area contributed by atoms with Gasteiger partial charge in [-0.15, -0.1) is 11.8 Å². The Morgan fingerprint density at radius 1 is 1.00 bits per heavy atom. The van der Waals surface area contributed by atoms with Crippen LogP contribution in [0.3, 0.4) is 0 Å². The standard InChI is InChI=1S/C22H24N2O3S2/c1-17-10-12-19(13-11-17)29(26,27)24-20(15-18-7-3-2-4-8-18)21(25)16-28-22-9-5-6-14-23-22/h2-14,20-21,24-25H,15-16H2,1H3/t20-,21+/m0/s1. The van der Waals surface area contributed by atoms with Crippen molar-refractivity contribution in [2.45, 2.75) is 35.4 Å². The number of pyridine rings is 1. The highest BCUT2D eigenvalue weighted by atomic mass is 32.2. The van der Waals surface area contributed by atoms with Crippen LogP contribution >= 0.6 is 11.8 Å². The van der Waals surface area contributed by atoms with Gasteiger partial charge in [0.05, 0.1) is 22.1 Å². The van der Waals surface area contributed by atoms with Gasteiger partial charge in [0.15, 0.2) is 0 Å². The van der Waals surface area contributed by atoms with Crippen molar-refractivity contribution in [2.24, 2.45) is 0 Å². The van der Waals surface area contributed by atoms with E-state index >= 15 is 0 Å². The monoisotopic (exact) mass is 428 g/mol. The molecule has 0 aliphatic rings. The molecule has 0 amide bonds. The molecule has 0 aliphatic carbocycles. The Hall–Kier alpha value is -2.19. The predicted octanol–water partition coefficient (Wildman–Crippen LogP) is 3.43. The van der Waals surface area contributed by atoms with Crippen molar-refractivity contribution >= 4 is 21.8 Å². The minimum absolute atomic E-state index is 0.186. The summed E-state index contributed by atoms with van der Waals surface area (Å²) in [5, 5.41) is 11.6. The molecule has 0 saturated heterocycles. The van der Waals surface area contributed by atoms with Crippen LogP contribution in [0.25, 0.3) is 0 Å². The minimum Gasteiger partial charge on any atom is -0.391 e. The van der Waals surface area contributed by atoms with Crippen molar-refractivity contribution in [3.63, 3.8) is 0 Å². The van der Waals surface area contributed by atoms with Crippen molar-refractivity contribution in [2.75, 3.05) is 5.75 Å². The number of hydrogen-bond acceptors (Lipinski definition) is 5. The molecular weight excluding hydrogens is 404 g/mol. The largest absolute Gasteiger partial charge is 0.391 e. The number of rotatable bonds is 9. The molecule has 3 aromatic rings. The van der Waals surface area contributed by atoms with Crippen LogP contribution in [-0.2, 0) is 16.4 Å². The maximum Gasteiger partial charge on any atom is 0.240 e. The molecule has 5 nitrogen and oxygen atoms in total. The summed E-state index contributed by atoms with van der Waals surface area (Å²) in [5.74, 6) is 0.324. The quantitative estimate of drug-likeness (QED) is 0.511. The molecule has 7 heteroatoms. The SMILES string of the molecule is Cc1ccc(S(=O)(=O)N[C@@H](Cc2ccccc2)[C@H](O)CSc2ccccn2)cc1. The van der Waals surface area contributed by atoms with Crippen LogP contribution in [0.2, 0.25) is 0 Å². The van der Waals surface area contributed by atoms with Gasteiger partial charge >= 0.3 is 0 Å². The number of aliphatic hydroxyl groups is 1. The number of nitrogens with zero attached hydrogens (tertiary/aromatic N) is 1. The molecule has 2 aromatic carbocycles. The molecule has 0 aliphatic heterocycles. The van der Waals surface area contributed by atoms with Gasteiger partial charge < -0.3 is 5.11 Å². The lowest BCUT2D eigenvalue weighted by Crippen LogP contribution is -2.45. The number of sulfonamides is 1. The molecule has 1 heterocycles. The highest BCUT2D eigenvalue weighted by molar-refractivity contribution is 7.99. The van der Waals surface area contributed by atoms with Gasteiger partial charge in [-0.05, 0) is 43.2 Å². The van der Waals surface area contributed by atoms with Gasteiger partial charge in [-0.3, -0.25) is 0 Å². The summed E-state index contributed by atoms with van der Waals surface area (Å²) in [5.41, 5.74) is 1.93. The molecule has 2 atom stereocenters. The molecule has 1 aromatic heterocycles. The zero-order chi connectivity index (χ0) is 20.7. The third-order valence-electron chi connectivity index (χ3n) is 4.44. The Morgan fingerprint density at radius 3 is 2.34 bits per heavy atom. The zero-order valence-electron chi connectivity index (χ0n) is 16.1. The first-order valence-electron chi connectivity index (χ1n) is 9.29. The summed E-state index contributed by atoms with van der Waals surface area (Å²) in [6, 6.07) is 21.1. The molecule has 2 N–H and O–H groups in total. The molecule has 29 heavy (non-hydrogen) atoms. The fourth-order valence-corrected chi connectivity index (χ4v) is 4.98. The summed E-state index contributed by atoms with van der Waals surface area (Å²) < 4.78 is 28.5. The van der Waals surface area contributed by atoms with Gasteiger partial charge in [0.2, 0.25) is 10.0 Å². The first-order chi connectivity index (χ1) is 13.9. The van der Waals surface area contributed by atoms with E-state index in [1.165, 1.54) is 11.8 Å². The normalized spacial score (nSPS) is 13.7. The Bertz CT molecular complexity index is 995. The molecule has 0 radical (unpaired) electrons. The minimum atomic E-state index is -3.76. The maximum absolute atomic E-state index is 12.9. The zero-order valence-corrected chi connectivity index (χ0v) is 17.7. The van der Waals surface area contributed by atoms with Crippen LogP contribution in [0.4, 0.5) is 0 Å². The maximum atomic E-state index is 12.9. The summed E-state index contributed by atoms with van der Waals surface area (Å²) in [6.45, 7) is 1.90. The second-order valence-corrected chi connectivity index (χ2v) is 9.53. The summed E-state index contributed by atoms with van der Waals surface area (Å²) in [4.78, 5) is 4.42. The van der Waals surface area contributed by atoms with E-state index in [-0.39, 0.29) is 4.90 Å². The van der Waals surface area contributed by atoms with Gasteiger partial charge in [-0.1, -0.05) is 54.1 Å². The van der Waals surface area contributed by atoms with Gasteiger partial charge in [0, 0.05) is 11.9 Å².